The molecule has 0 fully saturated rings. The van der Waals surface area contributed by atoms with E-state index in [-0.39, 0.29) is 24.0 Å². The normalized spacial score (nSPS) is 11.7. The van der Waals surface area contributed by atoms with Crippen molar-refractivity contribution < 1.29 is 0 Å². The van der Waals surface area contributed by atoms with E-state index in [1.165, 1.54) is 0 Å². The van der Waals surface area contributed by atoms with Crippen LogP contribution in [-0.2, 0) is 6.54 Å². The summed E-state index contributed by atoms with van der Waals surface area (Å²) in [5.41, 5.74) is 1.15. The standard InChI is InChI=1S/C18H34N6.HI/c1-14(2)24(15(3)4)12-11-21-18(19-5)22-13-16-9-8-10-20-17(16)23(6)7;/h8-10,14-15H,11-13H2,1-7H3,(H2,19,21,22);1H. The molecule has 1 rings (SSSR count). The Morgan fingerprint density at radius 3 is 2.32 bits per heavy atom. The number of nitrogens with one attached hydrogen (secondary N) is 2. The molecular formula is C18H35IN6. The van der Waals surface area contributed by atoms with Crippen LogP contribution < -0.4 is 15.5 Å². The molecule has 0 radical (unpaired) electrons. The first-order valence-corrected chi connectivity index (χ1v) is 8.68. The molecule has 0 aromatic carbocycles. The van der Waals surface area contributed by atoms with Gasteiger partial charge in [-0.05, 0) is 33.8 Å². The van der Waals surface area contributed by atoms with Crippen LogP contribution in [0.4, 0.5) is 5.82 Å². The third kappa shape index (κ3) is 8.22. The number of halogens is 1. The molecular weight excluding hydrogens is 427 g/mol. The summed E-state index contributed by atoms with van der Waals surface area (Å²) in [6.07, 6.45) is 1.82. The van der Waals surface area contributed by atoms with Crippen LogP contribution in [0.25, 0.3) is 0 Å². The van der Waals surface area contributed by atoms with Gasteiger partial charge in [-0.25, -0.2) is 4.98 Å². The highest BCUT2D eigenvalue weighted by Gasteiger charge is 2.13. The van der Waals surface area contributed by atoms with Crippen molar-refractivity contribution in [2.24, 2.45) is 4.99 Å². The SMILES string of the molecule is CN=C(NCCN(C(C)C)C(C)C)NCc1cccnc1N(C)C.I. The Kier molecular flexibility index (Phi) is 11.8. The van der Waals surface area contributed by atoms with E-state index in [4.69, 9.17) is 0 Å². The minimum atomic E-state index is 0. The smallest absolute Gasteiger partial charge is 0.191 e. The number of nitrogens with zero attached hydrogens (tertiary/aromatic N) is 4. The highest BCUT2D eigenvalue weighted by Crippen LogP contribution is 2.13. The van der Waals surface area contributed by atoms with Crippen LogP contribution in [0.15, 0.2) is 23.3 Å². The Bertz CT molecular complexity index is 508. The maximum Gasteiger partial charge on any atom is 0.191 e. The van der Waals surface area contributed by atoms with Crippen LogP contribution in [0, 0.1) is 0 Å². The third-order valence-electron chi connectivity index (χ3n) is 3.95. The number of pyridine rings is 1. The predicted octanol–water partition coefficient (Wildman–Crippen LogP) is 2.55. The maximum atomic E-state index is 4.43. The first-order valence-electron chi connectivity index (χ1n) is 8.68. The Balaban J connectivity index is 0.00000576. The summed E-state index contributed by atoms with van der Waals surface area (Å²) < 4.78 is 0. The predicted molar refractivity (Wildman–Crippen MR) is 119 cm³/mol. The summed E-state index contributed by atoms with van der Waals surface area (Å²) in [7, 11) is 5.81. The zero-order valence-corrected chi connectivity index (χ0v) is 19.0. The van der Waals surface area contributed by atoms with Crippen molar-refractivity contribution >= 4 is 35.8 Å². The van der Waals surface area contributed by atoms with E-state index in [1.54, 1.807) is 7.05 Å². The van der Waals surface area contributed by atoms with Gasteiger partial charge in [0.05, 0.1) is 0 Å². The molecule has 1 aromatic rings. The van der Waals surface area contributed by atoms with Crippen molar-refractivity contribution in [1.29, 1.82) is 0 Å². The Morgan fingerprint density at radius 1 is 1.16 bits per heavy atom. The second-order valence-electron chi connectivity index (χ2n) is 6.66. The molecule has 1 heterocycles. The van der Waals surface area contributed by atoms with Gasteiger partial charge in [-0.15, -0.1) is 24.0 Å². The van der Waals surface area contributed by atoms with Crippen molar-refractivity contribution in [3.63, 3.8) is 0 Å². The number of rotatable bonds is 8. The van der Waals surface area contributed by atoms with Gasteiger partial charge < -0.3 is 15.5 Å². The quantitative estimate of drug-likeness (QED) is 0.354. The molecule has 0 atom stereocenters. The molecule has 7 heteroatoms. The van der Waals surface area contributed by atoms with Crippen molar-refractivity contribution in [3.05, 3.63) is 23.9 Å². The molecule has 144 valence electrons. The number of hydrogen-bond acceptors (Lipinski definition) is 4. The Labute approximate surface area is 170 Å². The van der Waals surface area contributed by atoms with Gasteiger partial charge in [-0.3, -0.25) is 9.89 Å². The highest BCUT2D eigenvalue weighted by molar-refractivity contribution is 14.0. The van der Waals surface area contributed by atoms with E-state index < -0.39 is 0 Å². The van der Waals surface area contributed by atoms with Gasteiger partial charge in [0.1, 0.15) is 5.82 Å². The maximum absolute atomic E-state index is 4.43. The number of anilines is 1. The van der Waals surface area contributed by atoms with Crippen LogP contribution in [0.5, 0.6) is 0 Å². The van der Waals surface area contributed by atoms with Crippen molar-refractivity contribution in [3.8, 4) is 0 Å². The second kappa shape index (κ2) is 12.3. The Morgan fingerprint density at radius 2 is 1.80 bits per heavy atom. The van der Waals surface area contributed by atoms with Crippen molar-refractivity contribution in [1.82, 2.24) is 20.5 Å². The van der Waals surface area contributed by atoms with E-state index in [2.05, 4.69) is 59.3 Å². The lowest BCUT2D eigenvalue weighted by Gasteiger charge is -2.30. The van der Waals surface area contributed by atoms with E-state index in [0.29, 0.717) is 18.6 Å². The van der Waals surface area contributed by atoms with Gasteiger partial charge in [-0.2, -0.15) is 0 Å². The fraction of sp³-hybridized carbons (Fsp3) is 0.667. The fourth-order valence-corrected chi connectivity index (χ4v) is 2.79. The Hall–Kier alpha value is -1.09. The minimum absolute atomic E-state index is 0. The van der Waals surface area contributed by atoms with Crippen LogP contribution in [0.2, 0.25) is 0 Å². The van der Waals surface area contributed by atoms with Gasteiger partial charge in [0, 0.05) is 64.6 Å². The monoisotopic (exact) mass is 462 g/mol. The third-order valence-corrected chi connectivity index (χ3v) is 3.95. The molecule has 0 aliphatic carbocycles. The molecule has 0 bridgehead atoms. The van der Waals surface area contributed by atoms with Crippen molar-refractivity contribution in [2.45, 2.75) is 46.3 Å². The molecule has 1 aromatic heterocycles. The van der Waals surface area contributed by atoms with Gasteiger partial charge >= 0.3 is 0 Å². The summed E-state index contributed by atoms with van der Waals surface area (Å²) in [4.78, 5) is 13.2. The molecule has 0 aliphatic heterocycles. The number of aliphatic imine (C=N–C) groups is 1. The largest absolute Gasteiger partial charge is 0.362 e. The molecule has 6 nitrogen and oxygen atoms in total. The second-order valence-corrected chi connectivity index (χ2v) is 6.66. The van der Waals surface area contributed by atoms with Crippen LogP contribution >= 0.6 is 24.0 Å². The minimum Gasteiger partial charge on any atom is -0.362 e. The first-order chi connectivity index (χ1) is 11.4. The lowest BCUT2D eigenvalue weighted by molar-refractivity contribution is 0.178. The molecule has 2 N–H and O–H groups in total. The highest BCUT2D eigenvalue weighted by atomic mass is 127. The molecule has 0 spiro atoms. The molecule has 0 unspecified atom stereocenters. The number of hydrogen-bond donors (Lipinski definition) is 2. The molecule has 25 heavy (non-hydrogen) atoms. The van der Waals surface area contributed by atoms with E-state index in [0.717, 1.165) is 30.4 Å². The average Bonchev–Trinajstić information content (AvgIpc) is 2.53. The summed E-state index contributed by atoms with van der Waals surface area (Å²) in [6, 6.07) is 5.13. The summed E-state index contributed by atoms with van der Waals surface area (Å²) in [5, 5.41) is 6.76. The van der Waals surface area contributed by atoms with Crippen molar-refractivity contribution in [2.75, 3.05) is 39.1 Å². The lowest BCUT2D eigenvalue weighted by atomic mass is 10.2. The zero-order valence-electron chi connectivity index (χ0n) is 16.7. The topological polar surface area (TPSA) is 55.8 Å². The number of guanidine groups is 1. The van der Waals surface area contributed by atoms with Gasteiger partial charge in [0.2, 0.25) is 0 Å². The summed E-state index contributed by atoms with van der Waals surface area (Å²) >= 11 is 0. The van der Waals surface area contributed by atoms with Gasteiger partial charge in [0.25, 0.3) is 0 Å². The van der Waals surface area contributed by atoms with Gasteiger partial charge in [-0.1, -0.05) is 6.07 Å². The number of aromatic nitrogens is 1. The summed E-state index contributed by atoms with van der Waals surface area (Å²) in [6.45, 7) is 11.5. The summed E-state index contributed by atoms with van der Waals surface area (Å²) in [5.74, 6) is 1.79. The molecule has 0 aliphatic rings. The zero-order chi connectivity index (χ0) is 18.1. The fourth-order valence-electron chi connectivity index (χ4n) is 2.79. The van der Waals surface area contributed by atoms with E-state index in [1.807, 2.05) is 31.3 Å². The first kappa shape index (κ1) is 23.9. The van der Waals surface area contributed by atoms with Crippen LogP contribution in [-0.4, -0.2) is 62.2 Å². The van der Waals surface area contributed by atoms with Crippen LogP contribution in [0.3, 0.4) is 0 Å². The molecule has 0 amide bonds. The van der Waals surface area contributed by atoms with Gasteiger partial charge in [0.15, 0.2) is 5.96 Å². The van der Waals surface area contributed by atoms with E-state index in [9.17, 15) is 0 Å². The average molecular weight is 462 g/mol. The molecule has 0 saturated heterocycles. The van der Waals surface area contributed by atoms with E-state index >= 15 is 0 Å². The molecule has 0 saturated carbocycles. The lowest BCUT2D eigenvalue weighted by Crippen LogP contribution is -2.45. The van der Waals surface area contributed by atoms with Crippen LogP contribution in [0.1, 0.15) is 33.3 Å².